The van der Waals surface area contributed by atoms with E-state index in [9.17, 15) is 0 Å². The zero-order valence-electron chi connectivity index (χ0n) is 8.94. The Morgan fingerprint density at radius 1 is 1.19 bits per heavy atom. The first-order chi connectivity index (χ1) is 7.47. The van der Waals surface area contributed by atoms with Crippen molar-refractivity contribution in [2.24, 2.45) is 5.92 Å². The molecule has 0 rings (SSSR count). The Kier molecular flexibility index (Phi) is 8.27. The number of hydrogen-bond donors (Lipinski definition) is 0. The molecule has 2 unspecified atom stereocenters. The van der Waals surface area contributed by atoms with E-state index in [1.165, 1.54) is 5.98 Å². The molecular formula is C9H7B6Br. The first kappa shape index (κ1) is 16.1. The van der Waals surface area contributed by atoms with Gasteiger partial charge in [-0.15, -0.1) is 22.4 Å². The van der Waals surface area contributed by atoms with Crippen molar-refractivity contribution < 1.29 is 0 Å². The highest BCUT2D eigenvalue weighted by Crippen LogP contribution is 2.29. The summed E-state index contributed by atoms with van der Waals surface area (Å²) in [5, 5.41) is 0. The molecule has 0 aliphatic carbocycles. The summed E-state index contributed by atoms with van der Waals surface area (Å²) in [5.74, 6) is 0.359. The van der Waals surface area contributed by atoms with E-state index in [-0.39, 0.29) is 12.2 Å². The summed E-state index contributed by atoms with van der Waals surface area (Å²) >= 11 is 3.13. The van der Waals surface area contributed by atoms with Gasteiger partial charge in [-0.1, -0.05) is 34.1 Å². The van der Waals surface area contributed by atoms with E-state index in [1.807, 2.05) is 0 Å². The number of halogens is 1. The molecule has 7 heteroatoms. The molecule has 0 fully saturated rings. The van der Waals surface area contributed by atoms with Gasteiger partial charge in [0.25, 0.3) is 0 Å². The fourth-order valence-corrected chi connectivity index (χ4v) is 1.40. The Balaban J connectivity index is 5.11. The highest BCUT2D eigenvalue weighted by molar-refractivity contribution is 9.11. The van der Waals surface area contributed by atoms with E-state index in [0.717, 1.165) is 0 Å². The van der Waals surface area contributed by atoms with E-state index in [0.29, 0.717) is 16.4 Å². The second-order valence-electron chi connectivity index (χ2n) is 3.27. The molecule has 0 aliphatic heterocycles. The minimum Gasteiger partial charge on any atom is -0.143 e. The molecule has 0 N–H and O–H groups in total. The summed E-state index contributed by atoms with van der Waals surface area (Å²) in [5.41, 5.74) is 1.32. The normalized spacial score (nSPS) is 18.2. The lowest BCUT2D eigenvalue weighted by Gasteiger charge is -2.25. The molecule has 0 nitrogen and oxygen atoms in total. The van der Waals surface area contributed by atoms with Crippen LogP contribution in [0, 0.1) is 5.92 Å². The first-order valence-electron chi connectivity index (χ1n) is 4.62. The maximum atomic E-state index is 5.90. The SMILES string of the molecule is [B]/C=C(\[B])C([B])C(/C=C(\[B])C[B])/C([B])=C/Br. The molecule has 0 aliphatic rings. The molecule has 2 atom stereocenters. The summed E-state index contributed by atoms with van der Waals surface area (Å²) in [7, 11) is 33.6. The number of rotatable bonds is 5. The van der Waals surface area contributed by atoms with Gasteiger partial charge in [0, 0.05) is 0 Å². The molecule has 12 radical (unpaired) electrons. The van der Waals surface area contributed by atoms with Gasteiger partial charge in [0.05, 0.1) is 15.7 Å². The van der Waals surface area contributed by atoms with Crippen LogP contribution in [-0.4, -0.2) is 47.1 Å². The molecule has 0 spiro atoms. The molecule has 0 aromatic carbocycles. The monoisotopic (exact) mass is 260 g/mol. The van der Waals surface area contributed by atoms with Gasteiger partial charge in [0.15, 0.2) is 0 Å². The van der Waals surface area contributed by atoms with Crippen LogP contribution in [0.2, 0.25) is 12.1 Å². The highest BCUT2D eigenvalue weighted by Gasteiger charge is 2.16. The zero-order valence-corrected chi connectivity index (χ0v) is 10.5. The molecule has 0 aromatic rings. The Hall–Kier alpha value is 0.0896. The number of hydrogen-bond acceptors (Lipinski definition) is 0. The van der Waals surface area contributed by atoms with Crippen LogP contribution in [0.4, 0.5) is 0 Å². The van der Waals surface area contributed by atoms with Gasteiger partial charge in [-0.2, -0.15) is 0 Å². The Labute approximate surface area is 114 Å². The fourth-order valence-electron chi connectivity index (χ4n) is 1.10. The van der Waals surface area contributed by atoms with Crippen LogP contribution >= 0.6 is 15.9 Å². The van der Waals surface area contributed by atoms with E-state index >= 15 is 0 Å². The maximum absolute atomic E-state index is 5.90. The van der Waals surface area contributed by atoms with Gasteiger partial charge in [0.1, 0.15) is 31.4 Å². The Morgan fingerprint density at radius 3 is 2.12 bits per heavy atom. The minimum atomic E-state index is -0.538. The van der Waals surface area contributed by atoms with Crippen molar-refractivity contribution in [1.82, 2.24) is 0 Å². The van der Waals surface area contributed by atoms with E-state index in [1.54, 1.807) is 11.1 Å². The molecular weight excluding hydrogens is 253 g/mol. The summed E-state index contributed by atoms with van der Waals surface area (Å²) in [4.78, 5) is 1.56. The van der Waals surface area contributed by atoms with Crippen LogP contribution in [0.15, 0.2) is 33.5 Å². The summed E-state index contributed by atoms with van der Waals surface area (Å²) in [6.07, 6.45) is 1.90. The van der Waals surface area contributed by atoms with Crippen molar-refractivity contribution in [1.29, 1.82) is 0 Å². The average molecular weight is 260 g/mol. The smallest absolute Gasteiger partial charge is 0.109 e. The van der Waals surface area contributed by atoms with Crippen LogP contribution in [0.1, 0.15) is 0 Å². The largest absolute Gasteiger partial charge is 0.143 e. The predicted molar refractivity (Wildman–Crippen MR) is 79.7 cm³/mol. The molecule has 0 saturated carbocycles. The lowest BCUT2D eigenvalue weighted by atomic mass is 9.59. The first-order valence-corrected chi connectivity index (χ1v) is 5.54. The quantitative estimate of drug-likeness (QED) is 0.641. The van der Waals surface area contributed by atoms with Crippen LogP contribution < -0.4 is 0 Å². The lowest BCUT2D eigenvalue weighted by molar-refractivity contribution is 0.801. The van der Waals surface area contributed by atoms with Gasteiger partial charge in [-0.25, -0.2) is 0 Å². The summed E-state index contributed by atoms with van der Waals surface area (Å²) in [6.45, 7) is 0. The van der Waals surface area contributed by atoms with Crippen LogP contribution in [0.25, 0.3) is 0 Å². The van der Waals surface area contributed by atoms with Gasteiger partial charge in [-0.05, 0) is 10.9 Å². The minimum absolute atomic E-state index is 0.227. The fraction of sp³-hybridized carbons (Fsp3) is 0.333. The average Bonchev–Trinajstić information content (AvgIpc) is 2.32. The van der Waals surface area contributed by atoms with Gasteiger partial charge in [0.2, 0.25) is 0 Å². The second-order valence-corrected chi connectivity index (χ2v) is 3.73. The third kappa shape index (κ3) is 4.95. The van der Waals surface area contributed by atoms with Gasteiger partial charge < -0.3 is 0 Å². The van der Waals surface area contributed by atoms with Crippen LogP contribution in [-0.2, 0) is 0 Å². The number of allylic oxidation sites excluding steroid dienone is 4. The van der Waals surface area contributed by atoms with Crippen molar-refractivity contribution >= 4 is 63.0 Å². The van der Waals surface area contributed by atoms with E-state index in [4.69, 9.17) is 47.1 Å². The molecule has 0 saturated heterocycles. The predicted octanol–water partition coefficient (Wildman–Crippen LogP) is 0.782. The molecule has 0 amide bonds. The second kappa shape index (κ2) is 8.22. The molecule has 0 bridgehead atoms. The standard InChI is InChI=1S/C9H7B6Br/c10-2-5(12)1-6(8(14)4-16)9(15)7(13)3-11/h1,3-4,6,9H,2H2/b5-1-,7-3-,8-4-. The maximum Gasteiger partial charge on any atom is 0.109 e. The van der Waals surface area contributed by atoms with Crippen molar-refractivity contribution in [2.75, 3.05) is 0 Å². The van der Waals surface area contributed by atoms with Crippen molar-refractivity contribution in [3.05, 3.63) is 33.5 Å². The third-order valence-electron chi connectivity index (χ3n) is 2.10. The third-order valence-corrected chi connectivity index (χ3v) is 2.63. The highest BCUT2D eigenvalue weighted by atomic mass is 79.9. The lowest BCUT2D eigenvalue weighted by Crippen LogP contribution is -2.14. The summed E-state index contributed by atoms with van der Waals surface area (Å²) in [6, 6.07) is 0. The molecule has 68 valence electrons. The van der Waals surface area contributed by atoms with Crippen LogP contribution in [0.5, 0.6) is 0 Å². The van der Waals surface area contributed by atoms with Crippen molar-refractivity contribution in [3.63, 3.8) is 0 Å². The van der Waals surface area contributed by atoms with Gasteiger partial charge >= 0.3 is 0 Å². The van der Waals surface area contributed by atoms with Crippen molar-refractivity contribution in [3.8, 4) is 0 Å². The Bertz CT molecular complexity index is 309. The molecule has 0 heterocycles. The summed E-state index contributed by atoms with van der Waals surface area (Å²) < 4.78 is 0. The topological polar surface area (TPSA) is 0 Å². The van der Waals surface area contributed by atoms with E-state index in [2.05, 4.69) is 15.9 Å². The van der Waals surface area contributed by atoms with Gasteiger partial charge in [-0.3, -0.25) is 0 Å². The van der Waals surface area contributed by atoms with Crippen LogP contribution in [0.3, 0.4) is 0 Å². The Morgan fingerprint density at radius 2 is 1.75 bits per heavy atom. The van der Waals surface area contributed by atoms with Crippen molar-refractivity contribution in [2.45, 2.75) is 12.1 Å². The van der Waals surface area contributed by atoms with E-state index < -0.39 is 5.82 Å². The zero-order chi connectivity index (χ0) is 12.7. The molecule has 16 heavy (non-hydrogen) atoms. The molecule has 0 aromatic heterocycles.